The maximum Gasteiger partial charge on any atom is 0.348 e. The number of benzene rings is 2. The van der Waals surface area contributed by atoms with Crippen LogP contribution in [0.5, 0.6) is 11.5 Å². The van der Waals surface area contributed by atoms with E-state index in [0.717, 1.165) is 11.1 Å². The molecule has 0 fully saturated rings. The molecule has 0 amide bonds. The van der Waals surface area contributed by atoms with Crippen molar-refractivity contribution >= 4 is 24.1 Å². The third kappa shape index (κ3) is 7.46. The topological polar surface area (TPSA) is 142 Å². The van der Waals surface area contributed by atoms with Gasteiger partial charge >= 0.3 is 11.9 Å². The number of hydrogen-bond acceptors (Lipinski definition) is 8. The third-order valence-corrected chi connectivity index (χ3v) is 4.95. The standard InChI is InChI=1S/C26H25N3O6/c1-17(22-7-5-4-6-19(22)14-21(16-28)26(32)34-3)29-10-11-35-23-9-8-18(13-24(23)33-2)12-20(15-27)25(30)31/h4-9,12-14,17,29H,10-11H2,1-3H3,(H,30,31)/b20-12+,21-14+. The number of ether oxygens (including phenoxy) is 3. The maximum atomic E-state index is 11.7. The number of hydrogen-bond donors (Lipinski definition) is 2. The molecule has 1 unspecified atom stereocenters. The van der Waals surface area contributed by atoms with Crippen LogP contribution in [0.4, 0.5) is 0 Å². The first-order valence-electron chi connectivity index (χ1n) is 10.5. The summed E-state index contributed by atoms with van der Waals surface area (Å²) in [6.45, 7) is 2.73. The van der Waals surface area contributed by atoms with Crippen LogP contribution in [-0.2, 0) is 14.3 Å². The summed E-state index contributed by atoms with van der Waals surface area (Å²) >= 11 is 0. The van der Waals surface area contributed by atoms with Crippen molar-refractivity contribution in [1.82, 2.24) is 5.32 Å². The SMILES string of the molecule is COC(=O)/C(C#N)=C/c1ccccc1C(C)NCCOc1ccc(/C=C(\C#N)C(=O)O)cc1OC. The molecule has 0 bridgehead atoms. The van der Waals surface area contributed by atoms with Gasteiger partial charge < -0.3 is 24.6 Å². The zero-order valence-electron chi connectivity index (χ0n) is 19.6. The number of nitrogens with zero attached hydrogens (tertiary/aromatic N) is 2. The van der Waals surface area contributed by atoms with Gasteiger partial charge in [-0.25, -0.2) is 9.59 Å². The second-order valence-electron chi connectivity index (χ2n) is 7.20. The second-order valence-corrected chi connectivity index (χ2v) is 7.20. The minimum absolute atomic E-state index is 0.0916. The van der Waals surface area contributed by atoms with Crippen LogP contribution in [0.15, 0.2) is 53.6 Å². The van der Waals surface area contributed by atoms with Gasteiger partial charge in [0.2, 0.25) is 0 Å². The molecule has 0 heterocycles. The molecular formula is C26H25N3O6. The van der Waals surface area contributed by atoms with Gasteiger partial charge in [-0.1, -0.05) is 30.3 Å². The first-order chi connectivity index (χ1) is 16.8. The van der Waals surface area contributed by atoms with Crippen molar-refractivity contribution < 1.29 is 28.9 Å². The predicted octanol–water partition coefficient (Wildman–Crippen LogP) is 3.50. The molecule has 9 nitrogen and oxygen atoms in total. The fourth-order valence-electron chi connectivity index (χ4n) is 3.19. The monoisotopic (exact) mass is 475 g/mol. The van der Waals surface area contributed by atoms with Gasteiger partial charge in [0.15, 0.2) is 11.5 Å². The molecule has 0 radical (unpaired) electrons. The summed E-state index contributed by atoms with van der Waals surface area (Å²) in [6.07, 6.45) is 2.75. The first-order valence-corrected chi connectivity index (χ1v) is 10.5. The highest BCUT2D eigenvalue weighted by molar-refractivity contribution is 5.98. The van der Waals surface area contributed by atoms with Gasteiger partial charge in [0, 0.05) is 12.6 Å². The lowest BCUT2D eigenvalue weighted by molar-refractivity contribution is -0.135. The molecule has 0 aliphatic rings. The van der Waals surface area contributed by atoms with E-state index in [1.54, 1.807) is 24.3 Å². The van der Waals surface area contributed by atoms with Crippen molar-refractivity contribution in [3.63, 3.8) is 0 Å². The van der Waals surface area contributed by atoms with E-state index >= 15 is 0 Å². The fourth-order valence-corrected chi connectivity index (χ4v) is 3.19. The van der Waals surface area contributed by atoms with Crippen LogP contribution in [0.2, 0.25) is 0 Å². The van der Waals surface area contributed by atoms with E-state index in [1.807, 2.05) is 37.3 Å². The number of rotatable bonds is 11. The van der Waals surface area contributed by atoms with Crippen molar-refractivity contribution in [3.05, 3.63) is 70.3 Å². The summed E-state index contributed by atoms with van der Waals surface area (Å²) < 4.78 is 15.8. The number of esters is 1. The summed E-state index contributed by atoms with van der Waals surface area (Å²) in [5.41, 5.74) is 1.63. The zero-order valence-corrected chi connectivity index (χ0v) is 19.6. The van der Waals surface area contributed by atoms with Gasteiger partial charge in [-0.05, 0) is 47.9 Å². The summed E-state index contributed by atoms with van der Waals surface area (Å²) in [5, 5.41) is 30.5. The Bertz CT molecular complexity index is 1220. The van der Waals surface area contributed by atoms with E-state index in [0.29, 0.717) is 30.2 Å². The number of nitriles is 2. The first kappa shape index (κ1) is 26.7. The van der Waals surface area contributed by atoms with Crippen molar-refractivity contribution in [1.29, 1.82) is 10.5 Å². The van der Waals surface area contributed by atoms with E-state index < -0.39 is 11.9 Å². The Hall–Kier alpha value is -4.60. The molecule has 0 saturated heterocycles. The molecule has 0 saturated carbocycles. The Labute approximate surface area is 203 Å². The largest absolute Gasteiger partial charge is 0.493 e. The average molecular weight is 476 g/mol. The lowest BCUT2D eigenvalue weighted by atomic mass is 9.99. The number of carboxylic acid groups (broad SMARTS) is 1. The van der Waals surface area contributed by atoms with Crippen molar-refractivity contribution in [2.75, 3.05) is 27.4 Å². The third-order valence-electron chi connectivity index (χ3n) is 4.95. The number of methoxy groups -OCH3 is 2. The van der Waals surface area contributed by atoms with Gasteiger partial charge in [-0.15, -0.1) is 0 Å². The van der Waals surface area contributed by atoms with Crippen molar-refractivity contribution in [2.24, 2.45) is 0 Å². The predicted molar refractivity (Wildman–Crippen MR) is 128 cm³/mol. The Kier molecular flexibility index (Phi) is 10.0. The molecule has 0 aromatic heterocycles. The van der Waals surface area contributed by atoms with E-state index in [9.17, 15) is 14.9 Å². The number of carbonyl (C=O) groups is 2. The van der Waals surface area contributed by atoms with Crippen LogP contribution in [0.3, 0.4) is 0 Å². The highest BCUT2D eigenvalue weighted by Gasteiger charge is 2.14. The van der Waals surface area contributed by atoms with Crippen LogP contribution < -0.4 is 14.8 Å². The van der Waals surface area contributed by atoms with Gasteiger partial charge in [0.25, 0.3) is 0 Å². The normalized spacial score (nSPS) is 12.1. The minimum Gasteiger partial charge on any atom is -0.493 e. The van der Waals surface area contributed by atoms with E-state index in [4.69, 9.17) is 19.8 Å². The van der Waals surface area contributed by atoms with Crippen LogP contribution in [-0.4, -0.2) is 44.4 Å². The number of carboxylic acids is 1. The van der Waals surface area contributed by atoms with Gasteiger partial charge in [-0.3, -0.25) is 0 Å². The van der Waals surface area contributed by atoms with Crippen LogP contribution >= 0.6 is 0 Å². The average Bonchev–Trinajstić information content (AvgIpc) is 2.88. The number of nitrogens with one attached hydrogen (secondary N) is 1. The summed E-state index contributed by atoms with van der Waals surface area (Å²) in [7, 11) is 2.69. The van der Waals surface area contributed by atoms with Crippen LogP contribution in [0.25, 0.3) is 12.2 Å². The van der Waals surface area contributed by atoms with Gasteiger partial charge in [-0.2, -0.15) is 10.5 Å². The van der Waals surface area contributed by atoms with Gasteiger partial charge in [0.1, 0.15) is 29.9 Å². The smallest absolute Gasteiger partial charge is 0.348 e. The Morgan fingerprint density at radius 3 is 2.40 bits per heavy atom. The molecular weight excluding hydrogens is 450 g/mol. The zero-order chi connectivity index (χ0) is 25.8. The Morgan fingerprint density at radius 2 is 1.77 bits per heavy atom. The van der Waals surface area contributed by atoms with Gasteiger partial charge in [0.05, 0.1) is 14.2 Å². The molecule has 0 aliphatic carbocycles. The molecule has 180 valence electrons. The molecule has 35 heavy (non-hydrogen) atoms. The summed E-state index contributed by atoms with van der Waals surface area (Å²) in [6, 6.07) is 15.6. The molecule has 0 aliphatic heterocycles. The number of aliphatic carboxylic acids is 1. The number of carbonyl (C=O) groups excluding carboxylic acids is 1. The van der Waals surface area contributed by atoms with Crippen LogP contribution in [0, 0.1) is 22.7 Å². The lowest BCUT2D eigenvalue weighted by Crippen LogP contribution is -2.25. The quantitative estimate of drug-likeness (QED) is 0.216. The van der Waals surface area contributed by atoms with E-state index in [1.165, 1.54) is 26.4 Å². The highest BCUT2D eigenvalue weighted by Crippen LogP contribution is 2.29. The fraction of sp³-hybridized carbons (Fsp3) is 0.231. The van der Waals surface area contributed by atoms with Crippen molar-refractivity contribution in [3.8, 4) is 23.6 Å². The molecule has 2 aromatic carbocycles. The summed E-state index contributed by atoms with van der Waals surface area (Å²) in [4.78, 5) is 22.8. The molecule has 1 atom stereocenters. The molecule has 2 N–H and O–H groups in total. The minimum atomic E-state index is -1.31. The Morgan fingerprint density at radius 1 is 1.06 bits per heavy atom. The Balaban J connectivity index is 2.05. The summed E-state index contributed by atoms with van der Waals surface area (Å²) in [5.74, 6) is -1.14. The van der Waals surface area contributed by atoms with Crippen molar-refractivity contribution in [2.45, 2.75) is 13.0 Å². The van der Waals surface area contributed by atoms with E-state index in [2.05, 4.69) is 10.1 Å². The lowest BCUT2D eigenvalue weighted by Gasteiger charge is -2.18. The molecule has 2 aromatic rings. The van der Waals surface area contributed by atoms with E-state index in [-0.39, 0.29) is 17.2 Å². The maximum absolute atomic E-state index is 11.7. The van der Waals surface area contributed by atoms with Crippen LogP contribution in [0.1, 0.15) is 29.7 Å². The molecule has 0 spiro atoms. The molecule has 2 rings (SSSR count). The highest BCUT2D eigenvalue weighted by atomic mass is 16.5. The second kappa shape index (κ2) is 13.2. The molecule has 9 heteroatoms.